The Morgan fingerprint density at radius 1 is 1.16 bits per heavy atom. The van der Waals surface area contributed by atoms with Gasteiger partial charge in [-0.1, -0.05) is 30.3 Å². The summed E-state index contributed by atoms with van der Waals surface area (Å²) in [5.74, 6) is 0.959. The Bertz CT molecular complexity index is 565. The highest BCUT2D eigenvalue weighted by Gasteiger charge is 2.17. The molecule has 0 bridgehead atoms. The summed E-state index contributed by atoms with van der Waals surface area (Å²) in [6, 6.07) is 17.1. The van der Waals surface area contributed by atoms with Crippen LogP contribution in [0.5, 0.6) is 5.75 Å². The highest BCUT2D eigenvalue weighted by molar-refractivity contribution is 5.53. The van der Waals surface area contributed by atoms with Crippen LogP contribution in [0.25, 0.3) is 0 Å². The number of anilines is 1. The minimum absolute atomic E-state index is 0.399. The molecule has 98 valence electrons. The molecule has 1 atom stereocenters. The van der Waals surface area contributed by atoms with Gasteiger partial charge in [-0.25, -0.2) is 0 Å². The topological polar surface area (TPSA) is 21.3 Å². The highest BCUT2D eigenvalue weighted by Crippen LogP contribution is 2.24. The summed E-state index contributed by atoms with van der Waals surface area (Å²) in [6.07, 6.45) is 2.26. The van der Waals surface area contributed by atoms with Crippen molar-refractivity contribution in [3.05, 3.63) is 59.7 Å². The standard InChI is InChI=1S/C17H19NO/c1-13-5-4-7-16(11-13)19-12-15-10-9-14-6-2-3-8-17(14)18-15/h2-8,11,15,18H,9-10,12H2,1H3. The van der Waals surface area contributed by atoms with Gasteiger partial charge >= 0.3 is 0 Å². The van der Waals surface area contributed by atoms with Gasteiger partial charge in [0.2, 0.25) is 0 Å². The van der Waals surface area contributed by atoms with Gasteiger partial charge in [0, 0.05) is 5.69 Å². The Kier molecular flexibility index (Phi) is 3.41. The number of hydrogen-bond acceptors (Lipinski definition) is 2. The molecule has 1 N–H and O–H groups in total. The smallest absolute Gasteiger partial charge is 0.119 e. The Hall–Kier alpha value is -1.96. The monoisotopic (exact) mass is 253 g/mol. The number of ether oxygens (including phenoxy) is 1. The molecule has 19 heavy (non-hydrogen) atoms. The first kappa shape index (κ1) is 12.1. The predicted octanol–water partition coefficient (Wildman–Crippen LogP) is 3.80. The number of para-hydroxylation sites is 1. The summed E-state index contributed by atoms with van der Waals surface area (Å²) in [4.78, 5) is 0. The number of fused-ring (bicyclic) bond motifs is 1. The van der Waals surface area contributed by atoms with Crippen molar-refractivity contribution in [3.8, 4) is 5.75 Å². The van der Waals surface area contributed by atoms with Gasteiger partial charge < -0.3 is 10.1 Å². The van der Waals surface area contributed by atoms with Crippen LogP contribution in [0.15, 0.2) is 48.5 Å². The first-order valence-electron chi connectivity index (χ1n) is 6.85. The van der Waals surface area contributed by atoms with E-state index in [2.05, 4.69) is 48.6 Å². The van der Waals surface area contributed by atoms with Crippen LogP contribution in [0.2, 0.25) is 0 Å². The fourth-order valence-corrected chi connectivity index (χ4v) is 2.53. The van der Waals surface area contributed by atoms with E-state index in [1.54, 1.807) is 0 Å². The van der Waals surface area contributed by atoms with Crippen LogP contribution in [0, 0.1) is 6.92 Å². The summed E-state index contributed by atoms with van der Waals surface area (Å²) in [6.45, 7) is 2.81. The molecule has 0 saturated heterocycles. The van der Waals surface area contributed by atoms with Crippen molar-refractivity contribution in [1.82, 2.24) is 0 Å². The van der Waals surface area contributed by atoms with E-state index in [-0.39, 0.29) is 0 Å². The van der Waals surface area contributed by atoms with E-state index in [9.17, 15) is 0 Å². The third-order valence-corrected chi connectivity index (χ3v) is 3.58. The zero-order valence-electron chi connectivity index (χ0n) is 11.2. The van der Waals surface area contributed by atoms with E-state index in [1.807, 2.05) is 12.1 Å². The summed E-state index contributed by atoms with van der Waals surface area (Å²) in [7, 11) is 0. The number of hydrogen-bond donors (Lipinski definition) is 1. The molecular formula is C17H19NO. The van der Waals surface area contributed by atoms with Crippen LogP contribution in [-0.2, 0) is 6.42 Å². The molecule has 2 aromatic rings. The van der Waals surface area contributed by atoms with Gasteiger partial charge in [0.05, 0.1) is 6.04 Å². The lowest BCUT2D eigenvalue weighted by Gasteiger charge is -2.27. The van der Waals surface area contributed by atoms with Crippen LogP contribution in [0.3, 0.4) is 0 Å². The van der Waals surface area contributed by atoms with Crippen molar-refractivity contribution < 1.29 is 4.74 Å². The van der Waals surface area contributed by atoms with E-state index < -0.39 is 0 Å². The number of aryl methyl sites for hydroxylation is 2. The van der Waals surface area contributed by atoms with Crippen molar-refractivity contribution in [2.24, 2.45) is 0 Å². The quantitative estimate of drug-likeness (QED) is 0.898. The van der Waals surface area contributed by atoms with Crippen LogP contribution in [0.1, 0.15) is 17.5 Å². The van der Waals surface area contributed by atoms with Crippen LogP contribution >= 0.6 is 0 Å². The van der Waals surface area contributed by atoms with Crippen molar-refractivity contribution in [1.29, 1.82) is 0 Å². The van der Waals surface area contributed by atoms with Crippen LogP contribution in [0.4, 0.5) is 5.69 Å². The first-order valence-corrected chi connectivity index (χ1v) is 6.85. The Morgan fingerprint density at radius 2 is 2.05 bits per heavy atom. The van der Waals surface area contributed by atoms with Crippen molar-refractivity contribution in [3.63, 3.8) is 0 Å². The molecular weight excluding hydrogens is 234 g/mol. The summed E-state index contributed by atoms with van der Waals surface area (Å²) < 4.78 is 5.88. The molecule has 1 unspecified atom stereocenters. The van der Waals surface area contributed by atoms with Gasteiger partial charge in [-0.05, 0) is 49.1 Å². The second kappa shape index (κ2) is 5.35. The SMILES string of the molecule is Cc1cccc(OCC2CCc3ccccc3N2)c1. The molecule has 0 spiro atoms. The molecule has 1 aliphatic rings. The van der Waals surface area contributed by atoms with Gasteiger partial charge in [-0.3, -0.25) is 0 Å². The minimum atomic E-state index is 0.399. The number of rotatable bonds is 3. The first-order chi connectivity index (χ1) is 9.31. The number of benzene rings is 2. The van der Waals surface area contributed by atoms with E-state index in [4.69, 9.17) is 4.74 Å². The molecule has 3 rings (SSSR count). The molecule has 0 amide bonds. The van der Waals surface area contributed by atoms with Gasteiger partial charge in [0.1, 0.15) is 12.4 Å². The molecule has 0 aromatic heterocycles. The van der Waals surface area contributed by atoms with Crippen LogP contribution < -0.4 is 10.1 Å². The summed E-state index contributed by atoms with van der Waals surface area (Å²) in [5, 5.41) is 3.56. The Labute approximate surface area is 114 Å². The van der Waals surface area contributed by atoms with Crippen LogP contribution in [-0.4, -0.2) is 12.6 Å². The van der Waals surface area contributed by atoms with E-state index in [0.29, 0.717) is 6.04 Å². The summed E-state index contributed by atoms with van der Waals surface area (Å²) in [5.41, 5.74) is 3.90. The van der Waals surface area contributed by atoms with Crippen molar-refractivity contribution in [2.45, 2.75) is 25.8 Å². The lowest BCUT2D eigenvalue weighted by molar-refractivity contribution is 0.289. The third kappa shape index (κ3) is 2.90. The molecule has 1 aliphatic heterocycles. The fraction of sp³-hybridized carbons (Fsp3) is 0.294. The molecule has 2 heteroatoms. The van der Waals surface area contributed by atoms with Crippen molar-refractivity contribution >= 4 is 5.69 Å². The Balaban J connectivity index is 1.61. The van der Waals surface area contributed by atoms with Gasteiger partial charge in [-0.15, -0.1) is 0 Å². The highest BCUT2D eigenvalue weighted by atomic mass is 16.5. The largest absolute Gasteiger partial charge is 0.491 e. The van der Waals surface area contributed by atoms with Gasteiger partial charge in [0.15, 0.2) is 0 Å². The second-order valence-corrected chi connectivity index (χ2v) is 5.16. The number of nitrogens with one attached hydrogen (secondary N) is 1. The molecule has 0 aliphatic carbocycles. The Morgan fingerprint density at radius 3 is 2.95 bits per heavy atom. The maximum absolute atomic E-state index is 5.88. The normalized spacial score (nSPS) is 17.4. The fourth-order valence-electron chi connectivity index (χ4n) is 2.53. The lowest BCUT2D eigenvalue weighted by Crippen LogP contribution is -2.31. The maximum Gasteiger partial charge on any atom is 0.119 e. The van der Waals surface area contributed by atoms with Gasteiger partial charge in [-0.2, -0.15) is 0 Å². The van der Waals surface area contributed by atoms with E-state index >= 15 is 0 Å². The molecule has 2 nitrogen and oxygen atoms in total. The van der Waals surface area contributed by atoms with Gasteiger partial charge in [0.25, 0.3) is 0 Å². The lowest BCUT2D eigenvalue weighted by atomic mass is 9.99. The minimum Gasteiger partial charge on any atom is -0.491 e. The average Bonchev–Trinajstić information content (AvgIpc) is 2.45. The van der Waals surface area contributed by atoms with E-state index in [1.165, 1.54) is 16.8 Å². The zero-order valence-corrected chi connectivity index (χ0v) is 11.2. The van der Waals surface area contributed by atoms with Crippen molar-refractivity contribution in [2.75, 3.05) is 11.9 Å². The second-order valence-electron chi connectivity index (χ2n) is 5.16. The molecule has 0 fully saturated rings. The maximum atomic E-state index is 5.88. The summed E-state index contributed by atoms with van der Waals surface area (Å²) >= 11 is 0. The molecule has 2 aromatic carbocycles. The molecule has 0 saturated carbocycles. The predicted molar refractivity (Wildman–Crippen MR) is 78.8 cm³/mol. The molecule has 0 radical (unpaired) electrons. The third-order valence-electron chi connectivity index (χ3n) is 3.58. The average molecular weight is 253 g/mol. The zero-order chi connectivity index (χ0) is 13.1. The molecule has 1 heterocycles. The van der Waals surface area contributed by atoms with E-state index in [0.717, 1.165) is 25.2 Å².